The van der Waals surface area contributed by atoms with Crippen LogP contribution >= 0.6 is 0 Å². The van der Waals surface area contributed by atoms with Crippen LogP contribution in [0.25, 0.3) is 11.0 Å². The first kappa shape index (κ1) is 14.8. The summed E-state index contributed by atoms with van der Waals surface area (Å²) in [6, 6.07) is 12.7. The Kier molecular flexibility index (Phi) is 3.80. The van der Waals surface area contributed by atoms with Crippen molar-refractivity contribution in [2.75, 3.05) is 0 Å². The number of carbonyl (C=O) groups is 1. The van der Waals surface area contributed by atoms with E-state index in [0.29, 0.717) is 0 Å². The van der Waals surface area contributed by atoms with Gasteiger partial charge in [0, 0.05) is 12.1 Å². The molecule has 0 aliphatic rings. The summed E-state index contributed by atoms with van der Waals surface area (Å²) in [7, 11) is 0. The first-order valence-corrected chi connectivity index (χ1v) is 6.72. The largest absolute Gasteiger partial charge is 0.489 e. The molecule has 116 valence electrons. The molecule has 0 saturated carbocycles. The second kappa shape index (κ2) is 5.92. The predicted octanol–water partition coefficient (Wildman–Crippen LogP) is 3.21. The lowest BCUT2D eigenvalue weighted by Crippen LogP contribution is -2.13. The Labute approximate surface area is 129 Å². The van der Waals surface area contributed by atoms with E-state index in [9.17, 15) is 14.0 Å². The van der Waals surface area contributed by atoms with Gasteiger partial charge in [0.05, 0.1) is 5.39 Å². The number of benzene rings is 2. The number of aromatic carboxylic acids is 1. The number of hydrogen-bond acceptors (Lipinski definition) is 4. The molecule has 1 aromatic heterocycles. The summed E-state index contributed by atoms with van der Waals surface area (Å²) < 4.78 is 24.5. The number of hydrogen-bond donors (Lipinski definition) is 1. The van der Waals surface area contributed by atoms with Crippen LogP contribution in [0, 0.1) is 5.82 Å². The maximum atomic E-state index is 14.1. The van der Waals surface area contributed by atoms with Crippen molar-refractivity contribution in [1.29, 1.82) is 0 Å². The standard InChI is InChI=1S/C17H11FO5/c18-14-6-11(22-9-10-4-2-1-3-5-10)7-15-12(14)8-13(16(19)20)17(21)23-15/h1-8H,9H2,(H,19,20). The van der Waals surface area contributed by atoms with Crippen LogP contribution in [0.4, 0.5) is 4.39 Å². The van der Waals surface area contributed by atoms with Crippen molar-refractivity contribution in [3.05, 3.63) is 75.9 Å². The van der Waals surface area contributed by atoms with Gasteiger partial charge in [0.25, 0.3) is 0 Å². The Balaban J connectivity index is 1.96. The quantitative estimate of drug-likeness (QED) is 0.748. The minimum Gasteiger partial charge on any atom is -0.489 e. The number of fused-ring (bicyclic) bond motifs is 1. The van der Waals surface area contributed by atoms with Gasteiger partial charge in [-0.2, -0.15) is 0 Å². The third kappa shape index (κ3) is 3.06. The Bertz CT molecular complexity index is 931. The second-order valence-electron chi connectivity index (χ2n) is 4.84. The zero-order chi connectivity index (χ0) is 16.4. The number of carboxylic acid groups (broad SMARTS) is 1. The fourth-order valence-corrected chi connectivity index (χ4v) is 2.12. The summed E-state index contributed by atoms with van der Waals surface area (Å²) in [5.74, 6) is -2.01. The molecular weight excluding hydrogens is 303 g/mol. The molecule has 0 amide bonds. The molecule has 3 aromatic rings. The fourth-order valence-electron chi connectivity index (χ4n) is 2.12. The Hall–Kier alpha value is -3.15. The van der Waals surface area contributed by atoms with Gasteiger partial charge < -0.3 is 14.3 Å². The molecule has 0 unspecified atom stereocenters. The van der Waals surface area contributed by atoms with Crippen LogP contribution in [0.1, 0.15) is 15.9 Å². The third-order valence-corrected chi connectivity index (χ3v) is 3.26. The van der Waals surface area contributed by atoms with Crippen LogP contribution < -0.4 is 10.4 Å². The fraction of sp³-hybridized carbons (Fsp3) is 0.0588. The zero-order valence-corrected chi connectivity index (χ0v) is 11.8. The van der Waals surface area contributed by atoms with Crippen molar-refractivity contribution >= 4 is 16.9 Å². The van der Waals surface area contributed by atoms with E-state index < -0.39 is 23.0 Å². The van der Waals surface area contributed by atoms with Crippen LogP contribution in [-0.4, -0.2) is 11.1 Å². The predicted molar refractivity (Wildman–Crippen MR) is 80.2 cm³/mol. The van der Waals surface area contributed by atoms with E-state index >= 15 is 0 Å². The molecule has 0 bridgehead atoms. The van der Waals surface area contributed by atoms with Gasteiger partial charge in [-0.05, 0) is 11.6 Å². The van der Waals surface area contributed by atoms with Gasteiger partial charge in [-0.1, -0.05) is 30.3 Å². The topological polar surface area (TPSA) is 76.7 Å². The second-order valence-corrected chi connectivity index (χ2v) is 4.84. The van der Waals surface area contributed by atoms with Gasteiger partial charge in [0.15, 0.2) is 0 Å². The highest BCUT2D eigenvalue weighted by atomic mass is 19.1. The van der Waals surface area contributed by atoms with E-state index in [2.05, 4.69) is 0 Å². The summed E-state index contributed by atoms with van der Waals surface area (Å²) in [4.78, 5) is 22.5. The molecule has 0 fully saturated rings. The molecular formula is C17H11FO5. The van der Waals surface area contributed by atoms with Gasteiger partial charge >= 0.3 is 11.6 Å². The Morgan fingerprint density at radius 3 is 2.61 bits per heavy atom. The molecule has 0 aliphatic heterocycles. The monoisotopic (exact) mass is 314 g/mol. The molecule has 0 aliphatic carbocycles. The summed E-state index contributed by atoms with van der Waals surface area (Å²) in [6.45, 7) is 0.225. The van der Waals surface area contributed by atoms with Crippen molar-refractivity contribution in [1.82, 2.24) is 0 Å². The summed E-state index contributed by atoms with van der Waals surface area (Å²) in [5, 5.41) is 8.78. The zero-order valence-electron chi connectivity index (χ0n) is 11.8. The lowest BCUT2D eigenvalue weighted by Gasteiger charge is -2.08. The molecule has 0 spiro atoms. The summed E-state index contributed by atoms with van der Waals surface area (Å²) in [6.07, 6.45) is 0. The van der Waals surface area contributed by atoms with E-state index in [1.54, 1.807) is 0 Å². The molecule has 0 atom stereocenters. The molecule has 5 nitrogen and oxygen atoms in total. The number of rotatable bonds is 4. The van der Waals surface area contributed by atoms with E-state index in [1.807, 2.05) is 30.3 Å². The van der Waals surface area contributed by atoms with E-state index in [-0.39, 0.29) is 23.3 Å². The van der Waals surface area contributed by atoms with E-state index in [1.165, 1.54) is 6.07 Å². The number of carboxylic acids is 1. The van der Waals surface area contributed by atoms with Gasteiger partial charge in [-0.3, -0.25) is 0 Å². The molecule has 6 heteroatoms. The lowest BCUT2D eigenvalue weighted by atomic mass is 10.1. The summed E-state index contributed by atoms with van der Waals surface area (Å²) >= 11 is 0. The van der Waals surface area contributed by atoms with E-state index in [0.717, 1.165) is 17.7 Å². The van der Waals surface area contributed by atoms with Crippen molar-refractivity contribution in [2.45, 2.75) is 6.61 Å². The molecule has 0 saturated heterocycles. The molecule has 2 aromatic carbocycles. The number of ether oxygens (including phenoxy) is 1. The van der Waals surface area contributed by atoms with Crippen molar-refractivity contribution in [3.63, 3.8) is 0 Å². The minimum atomic E-state index is -1.47. The molecule has 23 heavy (non-hydrogen) atoms. The van der Waals surface area contributed by atoms with E-state index in [4.69, 9.17) is 14.3 Å². The molecule has 1 heterocycles. The van der Waals surface area contributed by atoms with Crippen LogP contribution in [0.5, 0.6) is 5.75 Å². The van der Waals surface area contributed by atoms with Gasteiger partial charge in [0.1, 0.15) is 29.3 Å². The van der Waals surface area contributed by atoms with Crippen LogP contribution in [0.15, 0.2) is 57.7 Å². The Morgan fingerprint density at radius 2 is 1.91 bits per heavy atom. The van der Waals surface area contributed by atoms with Crippen molar-refractivity contribution in [3.8, 4) is 5.75 Å². The molecule has 1 N–H and O–H groups in total. The van der Waals surface area contributed by atoms with Crippen molar-refractivity contribution in [2.24, 2.45) is 0 Å². The molecule has 0 radical (unpaired) electrons. The highest BCUT2D eigenvalue weighted by Crippen LogP contribution is 2.25. The SMILES string of the molecule is O=C(O)c1cc2c(F)cc(OCc3ccccc3)cc2oc1=O. The maximum absolute atomic E-state index is 14.1. The highest BCUT2D eigenvalue weighted by Gasteiger charge is 2.15. The Morgan fingerprint density at radius 1 is 1.17 bits per heavy atom. The molecule has 3 rings (SSSR count). The smallest absolute Gasteiger partial charge is 0.351 e. The van der Waals surface area contributed by atoms with Crippen LogP contribution in [-0.2, 0) is 6.61 Å². The first-order chi connectivity index (χ1) is 11.0. The van der Waals surface area contributed by atoms with Gasteiger partial charge in [-0.25, -0.2) is 14.0 Å². The normalized spacial score (nSPS) is 10.7. The first-order valence-electron chi connectivity index (χ1n) is 6.72. The number of halogens is 1. The van der Waals surface area contributed by atoms with Gasteiger partial charge in [0.2, 0.25) is 0 Å². The van der Waals surface area contributed by atoms with Crippen molar-refractivity contribution < 1.29 is 23.4 Å². The maximum Gasteiger partial charge on any atom is 0.351 e. The van der Waals surface area contributed by atoms with Gasteiger partial charge in [-0.15, -0.1) is 0 Å². The average Bonchev–Trinajstić information content (AvgIpc) is 2.53. The van der Waals surface area contributed by atoms with Crippen LogP contribution in [0.3, 0.4) is 0 Å². The highest BCUT2D eigenvalue weighted by molar-refractivity contribution is 5.91. The van der Waals surface area contributed by atoms with Crippen LogP contribution in [0.2, 0.25) is 0 Å². The summed E-state index contributed by atoms with van der Waals surface area (Å²) in [5.41, 5.74) is -0.822. The minimum absolute atomic E-state index is 0.0666. The average molecular weight is 314 g/mol. The lowest BCUT2D eigenvalue weighted by molar-refractivity contribution is 0.0692. The third-order valence-electron chi connectivity index (χ3n) is 3.26.